The number of aliphatic imine (C=N–C) groups is 1. The summed E-state index contributed by atoms with van der Waals surface area (Å²) in [5, 5.41) is 0. The Kier molecular flexibility index (Phi) is 3.69. The summed E-state index contributed by atoms with van der Waals surface area (Å²) in [5.74, 6) is 0. The highest BCUT2D eigenvalue weighted by Gasteiger charge is 1.83. The van der Waals surface area contributed by atoms with Crippen LogP contribution < -0.4 is 0 Å². The second kappa shape index (κ2) is 3.87. The van der Waals surface area contributed by atoms with Crippen LogP contribution in [-0.4, -0.2) is 30.3 Å². The number of nitrogens with zero attached hydrogens (tertiary/aromatic N) is 2. The molecule has 3 heteroatoms. The minimum atomic E-state index is 1.46. The van der Waals surface area contributed by atoms with Crippen LogP contribution in [0.2, 0.25) is 0 Å². The number of hydrogen-bond acceptors (Lipinski definition) is 2. The molecule has 0 atom stereocenters. The van der Waals surface area contributed by atoms with Gasteiger partial charge in [0.2, 0.25) is 11.9 Å². The molecule has 0 rings (SSSR count). The van der Waals surface area contributed by atoms with Crippen molar-refractivity contribution in [1.82, 2.24) is 0 Å². The Morgan fingerprint density at radius 3 is 2.57 bits per heavy atom. The lowest BCUT2D eigenvalue weighted by Gasteiger charge is -1.77. The van der Waals surface area contributed by atoms with E-state index in [9.17, 15) is 0 Å². The largest absolute Gasteiger partial charge is 0.283 e. The zero-order chi connectivity index (χ0) is 5.70. The topological polar surface area (TPSA) is 15.4 Å². The first kappa shape index (κ1) is 6.69. The van der Waals surface area contributed by atoms with Gasteiger partial charge < -0.3 is 0 Å². The summed E-state index contributed by atoms with van der Waals surface area (Å²) < 4.78 is 1.73. The van der Waals surface area contributed by atoms with Crippen LogP contribution in [0.5, 0.6) is 0 Å². The molecule has 0 aromatic rings. The molecule has 0 spiro atoms. The Labute approximate surface area is 48.1 Å². The predicted molar refractivity (Wildman–Crippen MR) is 35.3 cm³/mol. The van der Waals surface area contributed by atoms with E-state index in [1.54, 1.807) is 16.6 Å². The van der Waals surface area contributed by atoms with Gasteiger partial charge in [-0.3, -0.25) is 4.99 Å². The second-order valence-electron chi connectivity index (χ2n) is 1.10. The fourth-order valence-corrected chi connectivity index (χ4v) is 0.383. The van der Waals surface area contributed by atoms with Crippen LogP contribution in [0.25, 0.3) is 0 Å². The van der Waals surface area contributed by atoms with E-state index in [1.165, 1.54) is 11.9 Å². The van der Waals surface area contributed by atoms with Crippen molar-refractivity contribution in [1.29, 1.82) is 0 Å². The molecule has 0 N–H and O–H groups in total. The SMILES string of the molecule is C=[N+](C)S/C=N\C. The van der Waals surface area contributed by atoms with Crippen molar-refractivity contribution in [2.75, 3.05) is 14.1 Å². The minimum absolute atomic E-state index is 1.46. The smallest absolute Gasteiger partial charge is 0.207 e. The van der Waals surface area contributed by atoms with Gasteiger partial charge in [-0.05, 0) is 0 Å². The van der Waals surface area contributed by atoms with Gasteiger partial charge in [-0.25, -0.2) is 0 Å². The molecular weight excluding hydrogens is 108 g/mol. The van der Waals surface area contributed by atoms with Gasteiger partial charge in [0.05, 0.1) is 0 Å². The van der Waals surface area contributed by atoms with E-state index >= 15 is 0 Å². The molecule has 0 radical (unpaired) electrons. The molecule has 0 heterocycles. The molecule has 0 fully saturated rings. The molecule has 0 aliphatic rings. The van der Waals surface area contributed by atoms with Gasteiger partial charge in [0.15, 0.2) is 0 Å². The first-order chi connectivity index (χ1) is 3.27. The second-order valence-corrected chi connectivity index (χ2v) is 2.14. The maximum Gasteiger partial charge on any atom is 0.207 e. The van der Waals surface area contributed by atoms with Crippen LogP contribution in [0.15, 0.2) is 4.99 Å². The molecule has 0 saturated heterocycles. The molecule has 0 aromatic carbocycles. The van der Waals surface area contributed by atoms with E-state index in [-0.39, 0.29) is 0 Å². The minimum Gasteiger partial charge on any atom is -0.283 e. The molecule has 0 saturated carbocycles. The molecule has 0 bridgehead atoms. The summed E-state index contributed by atoms with van der Waals surface area (Å²) in [4.78, 5) is 3.73. The van der Waals surface area contributed by atoms with Crippen LogP contribution >= 0.6 is 11.9 Å². The highest BCUT2D eigenvalue weighted by molar-refractivity contribution is 8.06. The maximum atomic E-state index is 3.73. The van der Waals surface area contributed by atoms with Gasteiger partial charge in [-0.15, -0.1) is 0 Å². The van der Waals surface area contributed by atoms with Gasteiger partial charge in [0, 0.05) is 7.05 Å². The van der Waals surface area contributed by atoms with E-state index in [1.807, 2.05) is 7.05 Å². The molecule has 40 valence electrons. The Hall–Kier alpha value is -0.310. The molecule has 0 aromatic heterocycles. The fourth-order valence-electron chi connectivity index (χ4n) is 0.128. The zero-order valence-electron chi connectivity index (χ0n) is 4.59. The Bertz CT molecular complexity index is 87.7. The van der Waals surface area contributed by atoms with Gasteiger partial charge in [-0.2, -0.15) is 3.98 Å². The summed E-state index contributed by atoms with van der Waals surface area (Å²) in [6.07, 6.45) is 0. The van der Waals surface area contributed by atoms with Crippen LogP contribution in [0.3, 0.4) is 0 Å². The average molecular weight is 117 g/mol. The average Bonchev–Trinajstić information content (AvgIpc) is 1.61. The standard InChI is InChI=1S/C4H9N2S/c1-5-4-7-6(2)3/h4H,2H2,1,3H3/q+1/b5-4-. The van der Waals surface area contributed by atoms with Gasteiger partial charge in [0.25, 0.3) is 0 Å². The van der Waals surface area contributed by atoms with Crippen molar-refractivity contribution in [3.8, 4) is 0 Å². The summed E-state index contributed by atoms with van der Waals surface area (Å²) >= 11 is 1.46. The maximum absolute atomic E-state index is 3.73. The van der Waals surface area contributed by atoms with Crippen LogP contribution in [0.1, 0.15) is 0 Å². The van der Waals surface area contributed by atoms with Gasteiger partial charge in [0.1, 0.15) is 19.3 Å². The predicted octanol–water partition coefficient (Wildman–Crippen LogP) is 0.636. The van der Waals surface area contributed by atoms with Crippen molar-refractivity contribution in [2.24, 2.45) is 4.99 Å². The molecular formula is C4H9N2S+. The van der Waals surface area contributed by atoms with Crippen molar-refractivity contribution in [2.45, 2.75) is 0 Å². The molecule has 7 heavy (non-hydrogen) atoms. The monoisotopic (exact) mass is 117 g/mol. The third-order valence-electron chi connectivity index (χ3n) is 0.332. The van der Waals surface area contributed by atoms with Crippen molar-refractivity contribution < 1.29 is 3.98 Å². The third kappa shape index (κ3) is 5.69. The van der Waals surface area contributed by atoms with Crippen molar-refractivity contribution in [3.05, 3.63) is 0 Å². The van der Waals surface area contributed by atoms with E-state index in [0.717, 1.165) is 0 Å². The zero-order valence-corrected chi connectivity index (χ0v) is 5.40. The molecule has 0 amide bonds. The molecule has 0 aliphatic heterocycles. The Morgan fingerprint density at radius 1 is 1.86 bits per heavy atom. The quantitative estimate of drug-likeness (QED) is 0.224. The lowest BCUT2D eigenvalue weighted by Crippen LogP contribution is -1.85. The lowest BCUT2D eigenvalue weighted by molar-refractivity contribution is -0.292. The highest BCUT2D eigenvalue weighted by atomic mass is 32.2. The van der Waals surface area contributed by atoms with Crippen molar-refractivity contribution in [3.63, 3.8) is 0 Å². The van der Waals surface area contributed by atoms with Gasteiger partial charge >= 0.3 is 0 Å². The Balaban J connectivity index is 3.14. The van der Waals surface area contributed by atoms with E-state index < -0.39 is 0 Å². The molecule has 0 aliphatic carbocycles. The lowest BCUT2D eigenvalue weighted by atomic mass is 11.4. The summed E-state index contributed by atoms with van der Waals surface area (Å²) in [6.45, 7) is 3.58. The third-order valence-corrected chi connectivity index (χ3v) is 0.997. The van der Waals surface area contributed by atoms with E-state index in [0.29, 0.717) is 0 Å². The van der Waals surface area contributed by atoms with E-state index in [2.05, 4.69) is 11.7 Å². The first-order valence-corrected chi connectivity index (χ1v) is 2.72. The Morgan fingerprint density at radius 2 is 2.43 bits per heavy atom. The normalized spacial score (nSPS) is 10.0. The molecule has 0 unspecified atom stereocenters. The van der Waals surface area contributed by atoms with E-state index in [4.69, 9.17) is 0 Å². The fraction of sp³-hybridized carbons (Fsp3) is 0.500. The first-order valence-electron chi connectivity index (χ1n) is 1.89. The van der Waals surface area contributed by atoms with Gasteiger partial charge in [-0.1, -0.05) is 0 Å². The van der Waals surface area contributed by atoms with Crippen LogP contribution in [0, 0.1) is 0 Å². The number of hydrogen-bond donors (Lipinski definition) is 0. The van der Waals surface area contributed by atoms with Crippen LogP contribution in [0.4, 0.5) is 0 Å². The molecule has 2 nitrogen and oxygen atoms in total. The van der Waals surface area contributed by atoms with Crippen molar-refractivity contribution >= 4 is 24.2 Å². The summed E-state index contributed by atoms with van der Waals surface area (Å²) in [6, 6.07) is 0. The van der Waals surface area contributed by atoms with Crippen LogP contribution in [-0.2, 0) is 0 Å². The summed E-state index contributed by atoms with van der Waals surface area (Å²) in [5.41, 5.74) is 1.73. The number of rotatable bonds is 2. The summed E-state index contributed by atoms with van der Waals surface area (Å²) in [7, 11) is 3.60. The highest BCUT2D eigenvalue weighted by Crippen LogP contribution is 1.88.